The van der Waals surface area contributed by atoms with Crippen LogP contribution in [0.3, 0.4) is 0 Å². The number of nitrogens with one attached hydrogen (secondary N) is 1. The van der Waals surface area contributed by atoms with E-state index in [2.05, 4.69) is 27.3 Å². The summed E-state index contributed by atoms with van der Waals surface area (Å²) in [7, 11) is 0. The number of anilines is 1. The van der Waals surface area contributed by atoms with Crippen molar-refractivity contribution in [2.45, 2.75) is 24.6 Å². The summed E-state index contributed by atoms with van der Waals surface area (Å²) < 4.78 is 5.23. The Morgan fingerprint density at radius 1 is 1.00 bits per heavy atom. The smallest absolute Gasteiger partial charge is 0.258 e. The van der Waals surface area contributed by atoms with Gasteiger partial charge in [0.2, 0.25) is 0 Å². The molecule has 0 aliphatic rings. The summed E-state index contributed by atoms with van der Waals surface area (Å²) in [5.41, 5.74) is 4.84. The van der Waals surface area contributed by atoms with Crippen LogP contribution in [-0.2, 0) is 5.75 Å². The van der Waals surface area contributed by atoms with E-state index in [1.165, 1.54) is 11.8 Å². The molecular formula is C26H21N3O2S. The number of thioether (sulfide) groups is 1. The van der Waals surface area contributed by atoms with Crippen molar-refractivity contribution < 1.29 is 9.32 Å². The van der Waals surface area contributed by atoms with Gasteiger partial charge in [-0.1, -0.05) is 41.3 Å². The molecule has 1 N–H and O–H groups in total. The van der Waals surface area contributed by atoms with Gasteiger partial charge in [-0.05, 0) is 56.3 Å². The zero-order valence-corrected chi connectivity index (χ0v) is 18.6. The zero-order valence-electron chi connectivity index (χ0n) is 17.8. The summed E-state index contributed by atoms with van der Waals surface area (Å²) in [4.78, 5) is 17.4. The van der Waals surface area contributed by atoms with Gasteiger partial charge in [0.15, 0.2) is 0 Å². The Hall–Kier alpha value is -3.82. The Balaban J connectivity index is 1.48. The summed E-state index contributed by atoms with van der Waals surface area (Å²) in [6.07, 6.45) is 1.69. The minimum absolute atomic E-state index is 0.215. The summed E-state index contributed by atoms with van der Waals surface area (Å²) in [5.74, 6) is 7.47. The molecule has 5 nitrogen and oxygen atoms in total. The maximum atomic E-state index is 13.0. The van der Waals surface area contributed by atoms with Gasteiger partial charge in [0.05, 0.1) is 11.3 Å². The lowest BCUT2D eigenvalue weighted by Crippen LogP contribution is -2.13. The lowest BCUT2D eigenvalue weighted by molar-refractivity contribution is 0.102. The Labute approximate surface area is 191 Å². The van der Waals surface area contributed by atoms with E-state index in [-0.39, 0.29) is 5.91 Å². The minimum Gasteiger partial charge on any atom is -0.361 e. The van der Waals surface area contributed by atoms with Gasteiger partial charge in [0.1, 0.15) is 10.8 Å². The van der Waals surface area contributed by atoms with E-state index in [1.54, 1.807) is 18.3 Å². The number of aromatic nitrogens is 2. The van der Waals surface area contributed by atoms with Crippen LogP contribution >= 0.6 is 11.8 Å². The van der Waals surface area contributed by atoms with Crippen molar-refractivity contribution >= 4 is 23.4 Å². The van der Waals surface area contributed by atoms with Crippen molar-refractivity contribution in [1.82, 2.24) is 10.1 Å². The van der Waals surface area contributed by atoms with E-state index < -0.39 is 0 Å². The molecule has 1 amide bonds. The predicted octanol–water partition coefficient (Wildman–Crippen LogP) is 5.63. The van der Waals surface area contributed by atoms with Gasteiger partial charge < -0.3 is 9.84 Å². The fourth-order valence-corrected chi connectivity index (χ4v) is 4.21. The third-order valence-electron chi connectivity index (χ3n) is 4.80. The van der Waals surface area contributed by atoms with Crippen molar-refractivity contribution in [2.24, 2.45) is 0 Å². The summed E-state index contributed by atoms with van der Waals surface area (Å²) in [6, 6.07) is 20.8. The molecule has 0 saturated heterocycles. The van der Waals surface area contributed by atoms with Gasteiger partial charge in [-0.2, -0.15) is 0 Å². The predicted molar refractivity (Wildman–Crippen MR) is 127 cm³/mol. The largest absolute Gasteiger partial charge is 0.361 e. The first kappa shape index (κ1) is 21.4. The fraction of sp³-hybridized carbons (Fsp3) is 0.115. The number of carbonyl (C=O) groups excluding carboxylic acids is 1. The highest BCUT2D eigenvalue weighted by molar-refractivity contribution is 7.98. The molecule has 0 spiro atoms. The maximum absolute atomic E-state index is 13.0. The third kappa shape index (κ3) is 5.26. The first-order chi connectivity index (χ1) is 15.6. The average molecular weight is 440 g/mol. The molecule has 0 aliphatic carbocycles. The number of benzene rings is 2. The fourth-order valence-electron chi connectivity index (χ4n) is 3.07. The van der Waals surface area contributed by atoms with Crippen LogP contribution in [0, 0.1) is 25.7 Å². The van der Waals surface area contributed by atoms with E-state index >= 15 is 0 Å². The second-order valence-corrected chi connectivity index (χ2v) is 8.06. The summed E-state index contributed by atoms with van der Waals surface area (Å²) >= 11 is 1.49. The molecular weight excluding hydrogens is 418 g/mol. The van der Waals surface area contributed by atoms with Crippen LogP contribution in [0.5, 0.6) is 0 Å². The van der Waals surface area contributed by atoms with Gasteiger partial charge in [0, 0.05) is 34.3 Å². The first-order valence-corrected chi connectivity index (χ1v) is 11.1. The van der Waals surface area contributed by atoms with E-state index in [0.29, 0.717) is 22.0 Å². The molecule has 0 aliphatic heterocycles. The van der Waals surface area contributed by atoms with Crippen LogP contribution < -0.4 is 5.32 Å². The molecule has 32 heavy (non-hydrogen) atoms. The standard InChI is InChI=1S/C26H21N3O2S/c1-18-24(19(2)31-29-18)17-32-26-23(12-7-15-27-26)25(30)28-22-11-6-10-21(16-22)14-13-20-8-4-3-5-9-20/h3-12,15-16H,17H2,1-2H3,(H,28,30). The van der Waals surface area contributed by atoms with E-state index in [1.807, 2.05) is 68.4 Å². The number of aryl methyl sites for hydroxylation is 2. The van der Waals surface area contributed by atoms with E-state index in [0.717, 1.165) is 28.1 Å². The Kier molecular flexibility index (Phi) is 6.69. The van der Waals surface area contributed by atoms with Crippen molar-refractivity contribution in [3.05, 3.63) is 107 Å². The molecule has 4 aromatic rings. The Bertz CT molecular complexity index is 1280. The van der Waals surface area contributed by atoms with Crippen molar-refractivity contribution in [2.75, 3.05) is 5.32 Å². The van der Waals surface area contributed by atoms with Crippen LogP contribution in [0.1, 0.15) is 38.5 Å². The van der Waals surface area contributed by atoms with Crippen LogP contribution in [0.2, 0.25) is 0 Å². The first-order valence-electron chi connectivity index (χ1n) is 10.1. The highest BCUT2D eigenvalue weighted by atomic mass is 32.2. The lowest BCUT2D eigenvalue weighted by Gasteiger charge is -2.09. The second-order valence-electron chi connectivity index (χ2n) is 7.10. The second kappa shape index (κ2) is 9.99. The molecule has 0 atom stereocenters. The van der Waals surface area contributed by atoms with Crippen molar-refractivity contribution in [3.8, 4) is 11.8 Å². The molecule has 4 rings (SSSR count). The third-order valence-corrected chi connectivity index (χ3v) is 5.83. The normalized spacial score (nSPS) is 10.3. The Morgan fingerprint density at radius 2 is 1.78 bits per heavy atom. The number of hydrogen-bond acceptors (Lipinski definition) is 5. The van der Waals surface area contributed by atoms with Crippen molar-refractivity contribution in [1.29, 1.82) is 0 Å². The van der Waals surface area contributed by atoms with Crippen LogP contribution in [0.4, 0.5) is 5.69 Å². The van der Waals surface area contributed by atoms with Crippen LogP contribution in [0.15, 0.2) is 82.5 Å². The number of hydrogen-bond donors (Lipinski definition) is 1. The highest BCUT2D eigenvalue weighted by Gasteiger charge is 2.16. The summed E-state index contributed by atoms with van der Waals surface area (Å²) in [6.45, 7) is 3.79. The zero-order chi connectivity index (χ0) is 22.3. The van der Waals surface area contributed by atoms with Gasteiger partial charge in [-0.3, -0.25) is 4.79 Å². The molecule has 2 aromatic heterocycles. The molecule has 0 saturated carbocycles. The molecule has 158 valence electrons. The highest BCUT2D eigenvalue weighted by Crippen LogP contribution is 2.27. The Morgan fingerprint density at radius 3 is 2.56 bits per heavy atom. The van der Waals surface area contributed by atoms with E-state index in [9.17, 15) is 4.79 Å². The number of pyridine rings is 1. The van der Waals surface area contributed by atoms with Gasteiger partial charge >= 0.3 is 0 Å². The average Bonchev–Trinajstić information content (AvgIpc) is 3.14. The quantitative estimate of drug-likeness (QED) is 0.322. The van der Waals surface area contributed by atoms with Crippen molar-refractivity contribution in [3.63, 3.8) is 0 Å². The van der Waals surface area contributed by atoms with Gasteiger partial charge in [0.25, 0.3) is 5.91 Å². The van der Waals surface area contributed by atoms with Gasteiger partial charge in [-0.25, -0.2) is 4.98 Å². The lowest BCUT2D eigenvalue weighted by atomic mass is 10.1. The van der Waals surface area contributed by atoms with Gasteiger partial charge in [-0.15, -0.1) is 11.8 Å². The van der Waals surface area contributed by atoms with Crippen LogP contribution in [0.25, 0.3) is 0 Å². The van der Waals surface area contributed by atoms with E-state index in [4.69, 9.17) is 4.52 Å². The molecule has 2 aromatic carbocycles. The molecule has 0 bridgehead atoms. The SMILES string of the molecule is Cc1noc(C)c1CSc1ncccc1C(=O)Nc1cccc(C#Cc2ccccc2)c1. The number of carbonyl (C=O) groups is 1. The molecule has 6 heteroatoms. The number of rotatable bonds is 5. The molecule has 0 fully saturated rings. The maximum Gasteiger partial charge on any atom is 0.258 e. The molecule has 2 heterocycles. The monoisotopic (exact) mass is 439 g/mol. The topological polar surface area (TPSA) is 68.0 Å². The molecule has 0 radical (unpaired) electrons. The number of nitrogens with zero attached hydrogens (tertiary/aromatic N) is 2. The number of amides is 1. The minimum atomic E-state index is -0.215. The van der Waals surface area contributed by atoms with Crippen LogP contribution in [-0.4, -0.2) is 16.0 Å². The molecule has 0 unspecified atom stereocenters. The summed E-state index contributed by atoms with van der Waals surface area (Å²) in [5, 5.41) is 7.61.